The van der Waals surface area contributed by atoms with Crippen LogP contribution in [0.2, 0.25) is 10.0 Å². The van der Waals surface area contributed by atoms with E-state index in [0.717, 1.165) is 27.0 Å². The largest absolute Gasteiger partial charge is 0.488 e. The van der Waals surface area contributed by atoms with E-state index < -0.39 is 0 Å². The molecule has 0 amide bonds. The molecule has 134 valence electrons. The van der Waals surface area contributed by atoms with Crippen LogP contribution in [0.1, 0.15) is 16.7 Å². The summed E-state index contributed by atoms with van der Waals surface area (Å²) in [6, 6.07) is 19.6. The third kappa shape index (κ3) is 4.94. The monoisotopic (exact) mass is 449 g/mol. The molecule has 0 bridgehead atoms. The van der Waals surface area contributed by atoms with E-state index in [2.05, 4.69) is 46.4 Å². The molecular formula is C21H18BrCl2NO. The molecule has 0 saturated carbocycles. The summed E-state index contributed by atoms with van der Waals surface area (Å²) in [5.41, 5.74) is 4.28. The number of rotatable bonds is 6. The molecule has 0 unspecified atom stereocenters. The van der Waals surface area contributed by atoms with Crippen LogP contribution < -0.4 is 10.1 Å². The highest BCUT2D eigenvalue weighted by atomic mass is 79.9. The van der Waals surface area contributed by atoms with Crippen LogP contribution in [0.3, 0.4) is 0 Å². The number of nitrogens with one attached hydrogen (secondary N) is 1. The summed E-state index contributed by atoms with van der Waals surface area (Å²) in [4.78, 5) is 0. The summed E-state index contributed by atoms with van der Waals surface area (Å²) in [5, 5.41) is 4.69. The Balaban J connectivity index is 1.74. The molecule has 26 heavy (non-hydrogen) atoms. The summed E-state index contributed by atoms with van der Waals surface area (Å²) in [6.45, 7) is 3.13. The zero-order chi connectivity index (χ0) is 18.5. The first-order valence-corrected chi connectivity index (χ1v) is 9.72. The summed E-state index contributed by atoms with van der Waals surface area (Å²) in [6.07, 6.45) is 0. The Morgan fingerprint density at radius 2 is 1.77 bits per heavy atom. The highest BCUT2D eigenvalue weighted by Crippen LogP contribution is 2.27. The molecule has 3 rings (SSSR count). The first-order chi connectivity index (χ1) is 12.5. The Hall–Kier alpha value is -1.68. The number of ether oxygens (including phenoxy) is 1. The minimum absolute atomic E-state index is 0.384. The summed E-state index contributed by atoms with van der Waals surface area (Å²) >= 11 is 15.7. The molecule has 0 saturated heterocycles. The Bertz CT molecular complexity index is 914. The third-order valence-electron chi connectivity index (χ3n) is 4.04. The number of benzene rings is 3. The van der Waals surface area contributed by atoms with Gasteiger partial charge in [-0.15, -0.1) is 0 Å². The maximum atomic E-state index is 6.24. The zero-order valence-electron chi connectivity index (χ0n) is 14.2. The Morgan fingerprint density at radius 1 is 0.962 bits per heavy atom. The lowest BCUT2D eigenvalue weighted by Crippen LogP contribution is -2.05. The molecule has 0 aliphatic rings. The van der Waals surface area contributed by atoms with Gasteiger partial charge >= 0.3 is 0 Å². The molecule has 3 aromatic carbocycles. The Morgan fingerprint density at radius 3 is 2.54 bits per heavy atom. The molecular weight excluding hydrogens is 433 g/mol. The average molecular weight is 451 g/mol. The number of para-hydroxylation sites is 1. The maximum Gasteiger partial charge on any atom is 0.124 e. The highest BCUT2D eigenvalue weighted by Gasteiger charge is 2.08. The van der Waals surface area contributed by atoms with E-state index in [1.807, 2.05) is 36.4 Å². The van der Waals surface area contributed by atoms with E-state index in [1.54, 1.807) is 6.07 Å². The predicted octanol–water partition coefficient (Wildman–Crippen LogP) is 7.26. The van der Waals surface area contributed by atoms with Crippen molar-refractivity contribution in [3.05, 3.63) is 91.9 Å². The molecule has 0 aliphatic carbocycles. The third-order valence-corrected chi connectivity index (χ3v) is 5.12. The molecule has 2 nitrogen and oxygen atoms in total. The van der Waals surface area contributed by atoms with Crippen molar-refractivity contribution in [3.8, 4) is 5.75 Å². The summed E-state index contributed by atoms with van der Waals surface area (Å²) in [7, 11) is 0. The van der Waals surface area contributed by atoms with Crippen molar-refractivity contribution in [2.75, 3.05) is 5.32 Å². The fraction of sp³-hybridized carbons (Fsp3) is 0.143. The number of halogens is 3. The molecule has 0 fully saturated rings. The number of aryl methyl sites for hydroxylation is 1. The quantitative estimate of drug-likeness (QED) is 0.426. The lowest BCUT2D eigenvalue weighted by atomic mass is 10.1. The zero-order valence-corrected chi connectivity index (χ0v) is 17.3. The molecule has 3 aromatic rings. The lowest BCUT2D eigenvalue weighted by molar-refractivity contribution is 0.303. The van der Waals surface area contributed by atoms with E-state index in [1.165, 1.54) is 5.56 Å². The van der Waals surface area contributed by atoms with Crippen LogP contribution in [0.5, 0.6) is 5.75 Å². The summed E-state index contributed by atoms with van der Waals surface area (Å²) in [5.74, 6) is 0.820. The average Bonchev–Trinajstić information content (AvgIpc) is 2.61. The predicted molar refractivity (Wildman–Crippen MR) is 113 cm³/mol. The number of anilines is 1. The molecule has 5 heteroatoms. The van der Waals surface area contributed by atoms with Crippen LogP contribution in [0, 0.1) is 6.92 Å². The minimum Gasteiger partial charge on any atom is -0.488 e. The van der Waals surface area contributed by atoms with E-state index in [-0.39, 0.29) is 0 Å². The van der Waals surface area contributed by atoms with Crippen LogP contribution in [0.4, 0.5) is 5.69 Å². The van der Waals surface area contributed by atoms with E-state index in [9.17, 15) is 0 Å². The van der Waals surface area contributed by atoms with Crippen molar-refractivity contribution in [1.82, 2.24) is 0 Å². The van der Waals surface area contributed by atoms with Gasteiger partial charge in [0.05, 0.1) is 0 Å². The van der Waals surface area contributed by atoms with E-state index in [4.69, 9.17) is 27.9 Å². The fourth-order valence-corrected chi connectivity index (χ4v) is 3.45. The Labute approximate surface area is 172 Å². The van der Waals surface area contributed by atoms with E-state index in [0.29, 0.717) is 23.2 Å². The van der Waals surface area contributed by atoms with Crippen molar-refractivity contribution in [3.63, 3.8) is 0 Å². The van der Waals surface area contributed by atoms with Crippen molar-refractivity contribution in [2.24, 2.45) is 0 Å². The second-order valence-electron chi connectivity index (χ2n) is 5.94. The molecule has 0 heterocycles. The van der Waals surface area contributed by atoms with Gasteiger partial charge in [0.2, 0.25) is 0 Å². The van der Waals surface area contributed by atoms with Crippen LogP contribution in [-0.4, -0.2) is 0 Å². The van der Waals surface area contributed by atoms with Gasteiger partial charge < -0.3 is 10.1 Å². The Kier molecular flexibility index (Phi) is 6.47. The van der Waals surface area contributed by atoms with Crippen molar-refractivity contribution < 1.29 is 4.74 Å². The van der Waals surface area contributed by atoms with Crippen molar-refractivity contribution in [2.45, 2.75) is 20.1 Å². The first-order valence-electron chi connectivity index (χ1n) is 8.17. The van der Waals surface area contributed by atoms with Crippen LogP contribution in [0.25, 0.3) is 0 Å². The van der Waals surface area contributed by atoms with Crippen molar-refractivity contribution in [1.29, 1.82) is 0 Å². The molecule has 0 aromatic heterocycles. The minimum atomic E-state index is 0.384. The van der Waals surface area contributed by atoms with Crippen molar-refractivity contribution >= 4 is 44.8 Å². The van der Waals surface area contributed by atoms with Gasteiger partial charge in [-0.25, -0.2) is 0 Å². The van der Waals surface area contributed by atoms with E-state index >= 15 is 0 Å². The van der Waals surface area contributed by atoms with Crippen LogP contribution >= 0.6 is 39.1 Å². The van der Waals surface area contributed by atoms with Gasteiger partial charge in [-0.1, -0.05) is 63.4 Å². The normalized spacial score (nSPS) is 10.6. The van der Waals surface area contributed by atoms with Crippen LogP contribution in [-0.2, 0) is 13.2 Å². The smallest absolute Gasteiger partial charge is 0.124 e. The molecule has 0 radical (unpaired) electrons. The van der Waals surface area contributed by atoms with Gasteiger partial charge in [-0.2, -0.15) is 0 Å². The standard InChI is InChI=1S/C21H18BrCl2NO/c1-14-4-2-3-5-20(14)25-12-16-10-17(22)7-9-21(16)26-13-15-6-8-18(23)11-19(15)24/h2-11,25H,12-13H2,1H3. The van der Waals surface area contributed by atoms with Gasteiger partial charge in [0.25, 0.3) is 0 Å². The maximum absolute atomic E-state index is 6.24. The van der Waals surface area contributed by atoms with Gasteiger partial charge in [0, 0.05) is 37.9 Å². The second-order valence-corrected chi connectivity index (χ2v) is 7.70. The van der Waals surface area contributed by atoms with Gasteiger partial charge in [0.15, 0.2) is 0 Å². The van der Waals surface area contributed by atoms with Crippen LogP contribution in [0.15, 0.2) is 65.1 Å². The number of hydrogen-bond donors (Lipinski definition) is 1. The van der Waals surface area contributed by atoms with Gasteiger partial charge in [-0.05, 0) is 48.9 Å². The molecule has 0 aliphatic heterocycles. The SMILES string of the molecule is Cc1ccccc1NCc1cc(Br)ccc1OCc1ccc(Cl)cc1Cl. The van der Waals surface area contributed by atoms with Gasteiger partial charge in [0.1, 0.15) is 12.4 Å². The number of hydrogen-bond acceptors (Lipinski definition) is 2. The highest BCUT2D eigenvalue weighted by molar-refractivity contribution is 9.10. The lowest BCUT2D eigenvalue weighted by Gasteiger charge is -2.15. The molecule has 0 spiro atoms. The summed E-state index contributed by atoms with van der Waals surface area (Å²) < 4.78 is 7.04. The molecule has 1 N–H and O–H groups in total. The fourth-order valence-electron chi connectivity index (χ4n) is 2.58. The topological polar surface area (TPSA) is 21.3 Å². The van der Waals surface area contributed by atoms with Gasteiger partial charge in [-0.3, -0.25) is 0 Å². The molecule has 0 atom stereocenters. The first kappa shape index (κ1) is 19.1. The second kappa shape index (κ2) is 8.81.